The second kappa shape index (κ2) is 3.74. The third kappa shape index (κ3) is 1.68. The first kappa shape index (κ1) is 9.29. The Labute approximate surface area is 78.2 Å². The van der Waals surface area contributed by atoms with Gasteiger partial charge in [0.15, 0.2) is 5.17 Å². The first-order valence-electron chi connectivity index (χ1n) is 2.98. The number of benzene rings is 1. The highest BCUT2D eigenvalue weighted by Crippen LogP contribution is 2.21. The maximum absolute atomic E-state index is 12.7. The highest BCUT2D eigenvalue weighted by Gasteiger charge is 2.09. The van der Waals surface area contributed by atoms with E-state index in [2.05, 4.69) is 5.16 Å². The van der Waals surface area contributed by atoms with Crippen LogP contribution in [0.5, 0.6) is 0 Å². The molecule has 0 spiro atoms. The van der Waals surface area contributed by atoms with Crippen LogP contribution in [-0.4, -0.2) is 10.4 Å². The van der Waals surface area contributed by atoms with Crippen LogP contribution in [-0.2, 0) is 0 Å². The molecule has 5 heteroatoms. The number of nitrogens with zero attached hydrogens (tertiary/aromatic N) is 1. The number of rotatable bonds is 1. The zero-order valence-corrected chi connectivity index (χ0v) is 7.27. The number of oxime groups is 1. The second-order valence-corrected chi connectivity index (χ2v) is 2.73. The molecule has 0 atom stereocenters. The molecule has 0 amide bonds. The van der Waals surface area contributed by atoms with Crippen molar-refractivity contribution in [3.05, 3.63) is 34.6 Å². The quantitative estimate of drug-likeness (QED) is 0.429. The predicted octanol–water partition coefficient (Wildman–Crippen LogP) is 2.85. The Morgan fingerprint density at radius 3 is 2.75 bits per heavy atom. The van der Waals surface area contributed by atoms with Crippen LogP contribution in [0.25, 0.3) is 0 Å². The third-order valence-electron chi connectivity index (χ3n) is 1.26. The van der Waals surface area contributed by atoms with Gasteiger partial charge >= 0.3 is 0 Å². The average molecular weight is 208 g/mol. The molecule has 1 aromatic carbocycles. The molecule has 1 aromatic rings. The topological polar surface area (TPSA) is 32.6 Å². The van der Waals surface area contributed by atoms with Crippen LogP contribution < -0.4 is 0 Å². The monoisotopic (exact) mass is 207 g/mol. The molecule has 0 radical (unpaired) electrons. The Bertz CT molecular complexity index is 327. The van der Waals surface area contributed by atoms with Crippen molar-refractivity contribution >= 4 is 28.4 Å². The largest absolute Gasteiger partial charge is 0.410 e. The van der Waals surface area contributed by atoms with Gasteiger partial charge < -0.3 is 5.21 Å². The van der Waals surface area contributed by atoms with Crippen molar-refractivity contribution in [1.82, 2.24) is 0 Å². The maximum Gasteiger partial charge on any atom is 0.176 e. The van der Waals surface area contributed by atoms with E-state index in [1.165, 1.54) is 18.2 Å². The smallest absolute Gasteiger partial charge is 0.176 e. The van der Waals surface area contributed by atoms with Crippen LogP contribution in [0.15, 0.2) is 23.4 Å². The number of hydrogen-bond acceptors (Lipinski definition) is 2. The van der Waals surface area contributed by atoms with Crippen molar-refractivity contribution in [1.29, 1.82) is 0 Å². The summed E-state index contributed by atoms with van der Waals surface area (Å²) in [5, 5.41) is 10.6. The SMILES string of the molecule is ON=C(Cl)c1cccc(F)c1Cl. The molecule has 0 fully saturated rings. The van der Waals surface area contributed by atoms with Crippen molar-refractivity contribution in [3.63, 3.8) is 0 Å². The molecule has 0 saturated heterocycles. The van der Waals surface area contributed by atoms with E-state index >= 15 is 0 Å². The Hall–Kier alpha value is -0.800. The van der Waals surface area contributed by atoms with Gasteiger partial charge in [-0.2, -0.15) is 0 Å². The van der Waals surface area contributed by atoms with Gasteiger partial charge in [-0.05, 0) is 6.07 Å². The summed E-state index contributed by atoms with van der Waals surface area (Å²) in [6.07, 6.45) is 0. The molecule has 0 aliphatic heterocycles. The van der Waals surface area contributed by atoms with Crippen LogP contribution in [0.4, 0.5) is 4.39 Å². The Morgan fingerprint density at radius 1 is 1.50 bits per heavy atom. The summed E-state index contributed by atoms with van der Waals surface area (Å²) in [6.45, 7) is 0. The van der Waals surface area contributed by atoms with Crippen molar-refractivity contribution in [2.45, 2.75) is 0 Å². The van der Waals surface area contributed by atoms with Crippen LogP contribution in [0.1, 0.15) is 5.56 Å². The Balaban J connectivity index is 3.26. The molecule has 64 valence electrons. The fourth-order valence-corrected chi connectivity index (χ4v) is 1.14. The lowest BCUT2D eigenvalue weighted by Crippen LogP contribution is -1.93. The standard InChI is InChI=1S/C7H4Cl2FNO/c8-6-4(7(9)11-12)2-1-3-5(6)10/h1-3,12H. The average Bonchev–Trinajstić information content (AvgIpc) is 2.08. The van der Waals surface area contributed by atoms with Gasteiger partial charge in [0.05, 0.1) is 5.02 Å². The van der Waals surface area contributed by atoms with E-state index in [0.29, 0.717) is 0 Å². The van der Waals surface area contributed by atoms with E-state index in [4.69, 9.17) is 28.4 Å². The van der Waals surface area contributed by atoms with Crippen molar-refractivity contribution < 1.29 is 9.60 Å². The molecular formula is C7H4Cl2FNO. The summed E-state index contributed by atoms with van der Waals surface area (Å²) in [5.41, 5.74) is 0.167. The molecule has 1 rings (SSSR count). The number of halogens is 3. The minimum atomic E-state index is -0.601. The van der Waals surface area contributed by atoms with Gasteiger partial charge in [0.25, 0.3) is 0 Å². The Kier molecular flexibility index (Phi) is 2.89. The highest BCUT2D eigenvalue weighted by atomic mass is 35.5. The fraction of sp³-hybridized carbons (Fsp3) is 0. The molecule has 2 nitrogen and oxygen atoms in total. The molecule has 0 bridgehead atoms. The highest BCUT2D eigenvalue weighted by molar-refractivity contribution is 6.70. The zero-order valence-electron chi connectivity index (χ0n) is 5.76. The molecular weight excluding hydrogens is 204 g/mol. The molecule has 0 unspecified atom stereocenters. The van der Waals surface area contributed by atoms with E-state index in [9.17, 15) is 4.39 Å². The summed E-state index contributed by atoms with van der Waals surface area (Å²) in [7, 11) is 0. The third-order valence-corrected chi connectivity index (χ3v) is 1.92. The summed E-state index contributed by atoms with van der Waals surface area (Å²) >= 11 is 10.9. The van der Waals surface area contributed by atoms with Gasteiger partial charge in [-0.1, -0.05) is 40.5 Å². The summed E-state index contributed by atoms with van der Waals surface area (Å²) in [6, 6.07) is 4.06. The molecule has 1 N–H and O–H groups in total. The van der Waals surface area contributed by atoms with Crippen LogP contribution in [0.3, 0.4) is 0 Å². The van der Waals surface area contributed by atoms with Crippen LogP contribution >= 0.6 is 23.2 Å². The molecule has 0 aliphatic carbocycles. The summed E-state index contributed by atoms with van der Waals surface area (Å²) < 4.78 is 12.7. The second-order valence-electron chi connectivity index (χ2n) is 1.99. The normalized spacial score (nSPS) is 11.8. The summed E-state index contributed by atoms with van der Waals surface area (Å²) in [5.74, 6) is -0.601. The molecule has 0 aromatic heterocycles. The van der Waals surface area contributed by atoms with Gasteiger partial charge in [0.2, 0.25) is 0 Å². The fourth-order valence-electron chi connectivity index (χ4n) is 0.717. The van der Waals surface area contributed by atoms with Crippen molar-refractivity contribution in [2.24, 2.45) is 5.16 Å². The maximum atomic E-state index is 12.7. The van der Waals surface area contributed by atoms with Crippen molar-refractivity contribution in [2.75, 3.05) is 0 Å². The lowest BCUT2D eigenvalue weighted by Gasteiger charge is -1.99. The lowest BCUT2D eigenvalue weighted by molar-refractivity contribution is 0.321. The first-order chi connectivity index (χ1) is 5.66. The molecule has 0 heterocycles. The van der Waals surface area contributed by atoms with Gasteiger partial charge in [0, 0.05) is 5.56 Å². The van der Waals surface area contributed by atoms with E-state index < -0.39 is 5.82 Å². The van der Waals surface area contributed by atoms with Crippen molar-refractivity contribution in [3.8, 4) is 0 Å². The van der Waals surface area contributed by atoms with E-state index in [1.807, 2.05) is 0 Å². The predicted molar refractivity (Wildman–Crippen MR) is 45.6 cm³/mol. The Morgan fingerprint density at radius 2 is 2.17 bits per heavy atom. The minimum Gasteiger partial charge on any atom is -0.410 e. The van der Waals surface area contributed by atoms with Crippen LogP contribution in [0, 0.1) is 5.82 Å². The lowest BCUT2D eigenvalue weighted by atomic mass is 10.2. The summed E-state index contributed by atoms with van der Waals surface area (Å²) in [4.78, 5) is 0. The zero-order chi connectivity index (χ0) is 9.14. The van der Waals surface area contributed by atoms with E-state index in [1.54, 1.807) is 0 Å². The van der Waals surface area contributed by atoms with Gasteiger partial charge in [-0.15, -0.1) is 0 Å². The number of hydrogen-bond donors (Lipinski definition) is 1. The van der Waals surface area contributed by atoms with Gasteiger partial charge in [0.1, 0.15) is 5.82 Å². The van der Waals surface area contributed by atoms with Crippen LogP contribution in [0.2, 0.25) is 5.02 Å². The van der Waals surface area contributed by atoms with E-state index in [-0.39, 0.29) is 15.8 Å². The first-order valence-corrected chi connectivity index (χ1v) is 3.74. The van der Waals surface area contributed by atoms with Gasteiger partial charge in [-0.25, -0.2) is 4.39 Å². The minimum absolute atomic E-state index is 0.152. The molecule has 12 heavy (non-hydrogen) atoms. The van der Waals surface area contributed by atoms with Gasteiger partial charge in [-0.3, -0.25) is 0 Å². The molecule has 0 saturated carbocycles. The molecule has 0 aliphatic rings. The van der Waals surface area contributed by atoms with E-state index in [0.717, 1.165) is 0 Å².